The molecule has 0 bridgehead atoms. The number of halogens is 2. The van der Waals surface area contributed by atoms with Crippen LogP contribution in [0.5, 0.6) is 0 Å². The largest absolute Gasteiger partial charge is 0.291 e. The van der Waals surface area contributed by atoms with Crippen LogP contribution in [-0.2, 0) is 5.33 Å². The van der Waals surface area contributed by atoms with Gasteiger partial charge in [0.25, 0.3) is 0 Å². The van der Waals surface area contributed by atoms with Crippen LogP contribution in [0.2, 0.25) is 0 Å². The lowest BCUT2D eigenvalue weighted by atomic mass is 10.5. The summed E-state index contributed by atoms with van der Waals surface area (Å²) in [4.78, 5) is 15.1. The van der Waals surface area contributed by atoms with Gasteiger partial charge >= 0.3 is 0 Å². The predicted octanol–water partition coefficient (Wildman–Crippen LogP) is 2.62. The van der Waals surface area contributed by atoms with Gasteiger partial charge in [0.1, 0.15) is 0 Å². The minimum Gasteiger partial charge on any atom is -0.291 e. The predicted molar refractivity (Wildman–Crippen MR) is 52.9 cm³/mol. The standard InChI is InChI=1S/C6H5Br2NOS/c7-1-4-3-11-6(9-4)5(10)2-8/h3H,1-2H2. The summed E-state index contributed by atoms with van der Waals surface area (Å²) in [7, 11) is 0. The summed E-state index contributed by atoms with van der Waals surface area (Å²) in [5.41, 5.74) is 0.916. The molecule has 0 aliphatic carbocycles. The Hall–Kier alpha value is 0.260. The maximum atomic E-state index is 11.0. The van der Waals surface area contributed by atoms with Crippen molar-refractivity contribution in [3.05, 3.63) is 16.1 Å². The van der Waals surface area contributed by atoms with Crippen molar-refractivity contribution in [2.45, 2.75) is 5.33 Å². The fourth-order valence-corrected chi connectivity index (χ4v) is 2.26. The molecule has 0 atom stereocenters. The summed E-state index contributed by atoms with van der Waals surface area (Å²) >= 11 is 7.74. The van der Waals surface area contributed by atoms with Crippen molar-refractivity contribution < 1.29 is 4.79 Å². The molecule has 11 heavy (non-hydrogen) atoms. The Morgan fingerprint density at radius 1 is 1.64 bits per heavy atom. The van der Waals surface area contributed by atoms with Crippen molar-refractivity contribution >= 4 is 49.0 Å². The second-order valence-corrected chi connectivity index (χ2v) is 3.81. The van der Waals surface area contributed by atoms with Crippen LogP contribution >= 0.6 is 43.2 Å². The number of thiazole rings is 1. The summed E-state index contributed by atoms with van der Waals surface area (Å²) in [6.45, 7) is 0. The zero-order valence-corrected chi connectivity index (χ0v) is 9.50. The van der Waals surface area contributed by atoms with E-state index < -0.39 is 0 Å². The summed E-state index contributed by atoms with van der Waals surface area (Å²) in [6, 6.07) is 0. The van der Waals surface area contributed by atoms with Crippen LogP contribution in [0.25, 0.3) is 0 Å². The molecule has 0 amide bonds. The Bertz CT molecular complexity index is 261. The molecule has 0 aromatic carbocycles. The molecule has 60 valence electrons. The molecule has 1 aromatic rings. The monoisotopic (exact) mass is 297 g/mol. The second-order valence-electron chi connectivity index (χ2n) is 1.83. The van der Waals surface area contributed by atoms with Crippen LogP contribution in [0.15, 0.2) is 5.38 Å². The highest BCUT2D eigenvalue weighted by Crippen LogP contribution is 2.13. The van der Waals surface area contributed by atoms with E-state index in [9.17, 15) is 4.79 Å². The molecule has 0 saturated heterocycles. The van der Waals surface area contributed by atoms with Crippen molar-refractivity contribution in [2.24, 2.45) is 0 Å². The van der Waals surface area contributed by atoms with Crippen LogP contribution in [0, 0.1) is 0 Å². The van der Waals surface area contributed by atoms with Gasteiger partial charge in [-0.05, 0) is 0 Å². The molecule has 0 radical (unpaired) electrons. The lowest BCUT2D eigenvalue weighted by molar-refractivity contribution is 0.102. The zero-order valence-electron chi connectivity index (χ0n) is 5.51. The SMILES string of the molecule is O=C(CBr)c1nc(CBr)cs1. The van der Waals surface area contributed by atoms with Gasteiger partial charge in [0.2, 0.25) is 5.78 Å². The van der Waals surface area contributed by atoms with E-state index in [2.05, 4.69) is 36.8 Å². The number of hydrogen-bond acceptors (Lipinski definition) is 3. The summed E-state index contributed by atoms with van der Waals surface area (Å²) in [6.07, 6.45) is 0. The van der Waals surface area contributed by atoms with Gasteiger partial charge in [0.15, 0.2) is 5.01 Å². The smallest absolute Gasteiger partial charge is 0.201 e. The highest BCUT2D eigenvalue weighted by Gasteiger charge is 2.08. The Kier molecular flexibility index (Phi) is 3.68. The molecule has 2 nitrogen and oxygen atoms in total. The van der Waals surface area contributed by atoms with E-state index in [1.807, 2.05) is 5.38 Å². The lowest BCUT2D eigenvalue weighted by Gasteiger charge is -1.86. The molecule has 0 N–H and O–H groups in total. The second kappa shape index (κ2) is 4.33. The van der Waals surface area contributed by atoms with E-state index in [0.29, 0.717) is 15.7 Å². The van der Waals surface area contributed by atoms with Gasteiger partial charge in [-0.15, -0.1) is 11.3 Å². The first-order valence-corrected chi connectivity index (χ1v) is 5.99. The number of aromatic nitrogens is 1. The molecule has 0 spiro atoms. The van der Waals surface area contributed by atoms with E-state index in [1.54, 1.807) is 0 Å². The van der Waals surface area contributed by atoms with Crippen LogP contribution in [0.3, 0.4) is 0 Å². The molecule has 1 heterocycles. The minimum absolute atomic E-state index is 0.0437. The quantitative estimate of drug-likeness (QED) is 0.634. The molecule has 0 unspecified atom stereocenters. The Morgan fingerprint density at radius 3 is 2.82 bits per heavy atom. The van der Waals surface area contributed by atoms with Crippen molar-refractivity contribution in [1.82, 2.24) is 4.98 Å². The van der Waals surface area contributed by atoms with Gasteiger partial charge in [-0.2, -0.15) is 0 Å². The van der Waals surface area contributed by atoms with Crippen molar-refractivity contribution in [1.29, 1.82) is 0 Å². The van der Waals surface area contributed by atoms with E-state index in [0.717, 1.165) is 5.69 Å². The lowest BCUT2D eigenvalue weighted by Crippen LogP contribution is -1.98. The third-order valence-electron chi connectivity index (χ3n) is 1.05. The Morgan fingerprint density at radius 2 is 2.36 bits per heavy atom. The first kappa shape index (κ1) is 9.35. The van der Waals surface area contributed by atoms with Gasteiger partial charge in [-0.3, -0.25) is 4.79 Å². The highest BCUT2D eigenvalue weighted by molar-refractivity contribution is 9.09. The zero-order chi connectivity index (χ0) is 8.27. The van der Waals surface area contributed by atoms with Crippen molar-refractivity contribution in [2.75, 3.05) is 5.33 Å². The third kappa shape index (κ3) is 2.35. The van der Waals surface area contributed by atoms with Crippen LogP contribution in [0.4, 0.5) is 0 Å². The number of carbonyl (C=O) groups is 1. The number of ketones is 1. The summed E-state index contributed by atoms with van der Waals surface area (Å²) < 4.78 is 0. The normalized spacial score (nSPS) is 10.0. The molecule has 1 aromatic heterocycles. The van der Waals surface area contributed by atoms with Crippen molar-refractivity contribution in [3.8, 4) is 0 Å². The van der Waals surface area contributed by atoms with Gasteiger partial charge in [0, 0.05) is 10.7 Å². The highest BCUT2D eigenvalue weighted by atomic mass is 79.9. The minimum atomic E-state index is 0.0437. The number of alkyl halides is 2. The fraction of sp³-hybridized carbons (Fsp3) is 0.333. The fourth-order valence-electron chi connectivity index (χ4n) is 0.554. The van der Waals surface area contributed by atoms with Crippen LogP contribution in [0.1, 0.15) is 15.5 Å². The third-order valence-corrected chi connectivity index (χ3v) is 3.06. The van der Waals surface area contributed by atoms with E-state index in [-0.39, 0.29) is 5.78 Å². The van der Waals surface area contributed by atoms with Gasteiger partial charge in [0.05, 0.1) is 11.0 Å². The molecular formula is C6H5Br2NOS. The number of Topliss-reactive ketones (excluding diaryl/α,β-unsaturated/α-hetero) is 1. The molecule has 0 saturated carbocycles. The van der Waals surface area contributed by atoms with Gasteiger partial charge in [-0.1, -0.05) is 31.9 Å². The topological polar surface area (TPSA) is 30.0 Å². The molecule has 5 heteroatoms. The number of nitrogens with zero attached hydrogens (tertiary/aromatic N) is 1. The van der Waals surface area contributed by atoms with Crippen LogP contribution in [-0.4, -0.2) is 16.1 Å². The van der Waals surface area contributed by atoms with Crippen LogP contribution < -0.4 is 0 Å². The molecule has 0 fully saturated rings. The molecule has 0 aliphatic rings. The summed E-state index contributed by atoms with van der Waals surface area (Å²) in [5.74, 6) is 0.0437. The van der Waals surface area contributed by atoms with Gasteiger partial charge < -0.3 is 0 Å². The maximum absolute atomic E-state index is 11.0. The molecular weight excluding hydrogens is 294 g/mol. The molecule has 0 aliphatic heterocycles. The first-order chi connectivity index (χ1) is 5.27. The Labute approximate surface area is 85.3 Å². The van der Waals surface area contributed by atoms with E-state index >= 15 is 0 Å². The van der Waals surface area contributed by atoms with Gasteiger partial charge in [-0.25, -0.2) is 4.98 Å². The van der Waals surface area contributed by atoms with E-state index in [4.69, 9.17) is 0 Å². The first-order valence-electron chi connectivity index (χ1n) is 2.87. The van der Waals surface area contributed by atoms with Crippen molar-refractivity contribution in [3.63, 3.8) is 0 Å². The van der Waals surface area contributed by atoms with E-state index in [1.165, 1.54) is 11.3 Å². The maximum Gasteiger partial charge on any atom is 0.201 e. The average Bonchev–Trinajstić information content (AvgIpc) is 2.50. The molecule has 1 rings (SSSR count). The Balaban J connectivity index is 2.80. The number of carbonyl (C=O) groups excluding carboxylic acids is 1. The summed E-state index contributed by atoms with van der Waals surface area (Å²) in [5, 5.41) is 3.52. The average molecular weight is 299 g/mol. The number of rotatable bonds is 3. The number of hydrogen-bond donors (Lipinski definition) is 0.